The van der Waals surface area contributed by atoms with Gasteiger partial charge in [0.25, 0.3) is 5.91 Å². The number of anilines is 1. The molecule has 1 atom stereocenters. The molecule has 1 saturated heterocycles. The molecule has 2 rings (SSSR count). The van der Waals surface area contributed by atoms with Crippen molar-refractivity contribution in [3.05, 3.63) is 29.6 Å². The number of aliphatic hydroxyl groups excluding tert-OH is 1. The molecule has 1 aliphatic heterocycles. The van der Waals surface area contributed by atoms with Gasteiger partial charge >= 0.3 is 0 Å². The van der Waals surface area contributed by atoms with Gasteiger partial charge < -0.3 is 15.7 Å². The second-order valence-electron chi connectivity index (χ2n) is 4.66. The Bertz CT molecular complexity index is 451. The first kappa shape index (κ1) is 12.8. The van der Waals surface area contributed by atoms with Crippen molar-refractivity contribution in [3.8, 4) is 0 Å². The normalized spacial score (nSPS) is 19.2. The number of nitrogen functional groups attached to an aromatic ring is 1. The average Bonchev–Trinajstić information content (AvgIpc) is 2.80. The molecular formula is C13H17FN2O2. The van der Waals surface area contributed by atoms with Gasteiger partial charge in [-0.25, -0.2) is 4.39 Å². The van der Waals surface area contributed by atoms with E-state index in [1.807, 2.05) is 0 Å². The topological polar surface area (TPSA) is 66.6 Å². The van der Waals surface area contributed by atoms with E-state index >= 15 is 0 Å². The zero-order chi connectivity index (χ0) is 13.1. The number of aliphatic hydroxyl groups is 1. The third-order valence-corrected chi connectivity index (χ3v) is 3.33. The van der Waals surface area contributed by atoms with Gasteiger partial charge in [0.05, 0.1) is 5.56 Å². The lowest BCUT2D eigenvalue weighted by Crippen LogP contribution is -2.29. The number of amides is 1. The largest absolute Gasteiger partial charge is 0.399 e. The van der Waals surface area contributed by atoms with Gasteiger partial charge in [-0.1, -0.05) is 0 Å². The SMILES string of the molecule is Nc1ccc(F)c(C(=O)N2CCC(CCO)C2)c1. The molecule has 1 aromatic carbocycles. The highest BCUT2D eigenvalue weighted by Gasteiger charge is 2.27. The summed E-state index contributed by atoms with van der Waals surface area (Å²) in [4.78, 5) is 13.8. The standard InChI is InChI=1S/C13H17FN2O2/c14-12-2-1-10(15)7-11(12)13(18)16-5-3-9(8-16)4-6-17/h1-2,7,9,17H,3-6,8,15H2. The van der Waals surface area contributed by atoms with Gasteiger partial charge in [0.15, 0.2) is 0 Å². The predicted octanol–water partition coefficient (Wildman–Crippen LogP) is 1.25. The summed E-state index contributed by atoms with van der Waals surface area (Å²) >= 11 is 0. The van der Waals surface area contributed by atoms with Crippen molar-refractivity contribution in [2.24, 2.45) is 5.92 Å². The van der Waals surface area contributed by atoms with E-state index < -0.39 is 5.82 Å². The first-order chi connectivity index (χ1) is 8.61. The quantitative estimate of drug-likeness (QED) is 0.796. The lowest BCUT2D eigenvalue weighted by Gasteiger charge is -2.17. The predicted molar refractivity (Wildman–Crippen MR) is 66.5 cm³/mol. The summed E-state index contributed by atoms with van der Waals surface area (Å²) < 4.78 is 13.6. The van der Waals surface area contributed by atoms with Crippen molar-refractivity contribution in [2.75, 3.05) is 25.4 Å². The second-order valence-corrected chi connectivity index (χ2v) is 4.66. The fourth-order valence-corrected chi connectivity index (χ4v) is 2.31. The first-order valence-electron chi connectivity index (χ1n) is 6.07. The van der Waals surface area contributed by atoms with Gasteiger partial charge in [-0.15, -0.1) is 0 Å². The third-order valence-electron chi connectivity index (χ3n) is 3.33. The van der Waals surface area contributed by atoms with Gasteiger partial charge in [-0.3, -0.25) is 4.79 Å². The van der Waals surface area contributed by atoms with Crippen LogP contribution in [0.5, 0.6) is 0 Å². The Morgan fingerprint density at radius 1 is 1.56 bits per heavy atom. The minimum absolute atomic E-state index is 0.0275. The summed E-state index contributed by atoms with van der Waals surface area (Å²) in [6, 6.07) is 4.02. The Morgan fingerprint density at radius 3 is 3.06 bits per heavy atom. The fraction of sp³-hybridized carbons (Fsp3) is 0.462. The Hall–Kier alpha value is -1.62. The van der Waals surface area contributed by atoms with Crippen LogP contribution >= 0.6 is 0 Å². The van der Waals surface area contributed by atoms with E-state index in [-0.39, 0.29) is 18.1 Å². The minimum atomic E-state index is -0.542. The van der Waals surface area contributed by atoms with E-state index in [1.165, 1.54) is 18.2 Å². The molecule has 3 N–H and O–H groups in total. The summed E-state index contributed by atoms with van der Waals surface area (Å²) in [7, 11) is 0. The molecule has 1 aliphatic rings. The maximum absolute atomic E-state index is 13.6. The Labute approximate surface area is 105 Å². The van der Waals surface area contributed by atoms with Gasteiger partial charge in [0.2, 0.25) is 0 Å². The molecule has 5 heteroatoms. The fourth-order valence-electron chi connectivity index (χ4n) is 2.31. The van der Waals surface area contributed by atoms with Gasteiger partial charge in [0.1, 0.15) is 5.82 Å². The van der Waals surface area contributed by atoms with E-state index in [0.29, 0.717) is 31.1 Å². The van der Waals surface area contributed by atoms with Crippen LogP contribution in [0.4, 0.5) is 10.1 Å². The van der Waals surface area contributed by atoms with Crippen molar-refractivity contribution >= 4 is 11.6 Å². The first-order valence-corrected chi connectivity index (χ1v) is 6.07. The molecule has 0 aliphatic carbocycles. The maximum Gasteiger partial charge on any atom is 0.256 e. The number of hydrogen-bond acceptors (Lipinski definition) is 3. The molecule has 0 spiro atoms. The zero-order valence-corrected chi connectivity index (χ0v) is 10.1. The summed E-state index contributed by atoms with van der Waals surface area (Å²) in [6.45, 7) is 1.31. The summed E-state index contributed by atoms with van der Waals surface area (Å²) in [5, 5.41) is 8.87. The van der Waals surface area contributed by atoms with Crippen molar-refractivity contribution < 1.29 is 14.3 Å². The van der Waals surface area contributed by atoms with Crippen LogP contribution in [0.3, 0.4) is 0 Å². The van der Waals surface area contributed by atoms with Crippen molar-refractivity contribution in [3.63, 3.8) is 0 Å². The molecule has 0 bridgehead atoms. The minimum Gasteiger partial charge on any atom is -0.399 e. The van der Waals surface area contributed by atoms with Crippen LogP contribution in [-0.4, -0.2) is 35.6 Å². The number of benzene rings is 1. The number of halogens is 1. The monoisotopic (exact) mass is 252 g/mol. The number of likely N-dealkylation sites (tertiary alicyclic amines) is 1. The van der Waals surface area contributed by atoms with E-state index in [9.17, 15) is 9.18 Å². The Balaban J connectivity index is 2.10. The van der Waals surface area contributed by atoms with Crippen LogP contribution in [0.15, 0.2) is 18.2 Å². The van der Waals surface area contributed by atoms with Crippen molar-refractivity contribution in [1.29, 1.82) is 0 Å². The summed E-state index contributed by atoms with van der Waals surface area (Å²) in [5.74, 6) is -0.553. The molecule has 1 amide bonds. The number of rotatable bonds is 3. The van der Waals surface area contributed by atoms with Crippen LogP contribution < -0.4 is 5.73 Å². The van der Waals surface area contributed by atoms with Gasteiger partial charge in [-0.2, -0.15) is 0 Å². The van der Waals surface area contributed by atoms with Crippen molar-refractivity contribution in [2.45, 2.75) is 12.8 Å². The lowest BCUT2D eigenvalue weighted by molar-refractivity contribution is 0.0780. The average molecular weight is 252 g/mol. The van der Waals surface area contributed by atoms with Gasteiger partial charge in [-0.05, 0) is 37.0 Å². The number of hydrogen-bond donors (Lipinski definition) is 2. The molecule has 0 radical (unpaired) electrons. The number of carbonyl (C=O) groups is 1. The number of nitrogens with zero attached hydrogens (tertiary/aromatic N) is 1. The number of nitrogens with two attached hydrogens (primary N) is 1. The Kier molecular flexibility index (Phi) is 3.81. The number of carbonyl (C=O) groups excluding carboxylic acids is 1. The van der Waals surface area contributed by atoms with Crippen molar-refractivity contribution in [1.82, 2.24) is 4.90 Å². The van der Waals surface area contributed by atoms with Crippen LogP contribution in [0.1, 0.15) is 23.2 Å². The lowest BCUT2D eigenvalue weighted by atomic mass is 10.1. The molecule has 1 heterocycles. The molecule has 0 saturated carbocycles. The van der Waals surface area contributed by atoms with E-state index in [4.69, 9.17) is 10.8 Å². The van der Waals surface area contributed by atoms with Crippen LogP contribution in [-0.2, 0) is 0 Å². The highest BCUT2D eigenvalue weighted by Crippen LogP contribution is 2.22. The molecular weight excluding hydrogens is 235 g/mol. The molecule has 1 unspecified atom stereocenters. The van der Waals surface area contributed by atoms with Crippen LogP contribution in [0, 0.1) is 11.7 Å². The Morgan fingerprint density at radius 2 is 2.33 bits per heavy atom. The molecule has 1 fully saturated rings. The highest BCUT2D eigenvalue weighted by molar-refractivity contribution is 5.95. The van der Waals surface area contributed by atoms with E-state index in [0.717, 1.165) is 6.42 Å². The zero-order valence-electron chi connectivity index (χ0n) is 10.1. The maximum atomic E-state index is 13.6. The molecule has 98 valence electrons. The highest BCUT2D eigenvalue weighted by atomic mass is 19.1. The van der Waals surface area contributed by atoms with Crippen LogP contribution in [0.2, 0.25) is 0 Å². The molecule has 0 aromatic heterocycles. The van der Waals surface area contributed by atoms with E-state index in [1.54, 1.807) is 4.90 Å². The van der Waals surface area contributed by atoms with Crippen LogP contribution in [0.25, 0.3) is 0 Å². The van der Waals surface area contributed by atoms with Gasteiger partial charge in [0, 0.05) is 25.4 Å². The van der Waals surface area contributed by atoms with E-state index in [2.05, 4.69) is 0 Å². The smallest absolute Gasteiger partial charge is 0.256 e. The molecule has 18 heavy (non-hydrogen) atoms. The summed E-state index contributed by atoms with van der Waals surface area (Å²) in [6.07, 6.45) is 1.54. The molecule has 4 nitrogen and oxygen atoms in total. The molecule has 1 aromatic rings. The second kappa shape index (κ2) is 5.35. The third kappa shape index (κ3) is 2.61. The summed E-state index contributed by atoms with van der Waals surface area (Å²) in [5.41, 5.74) is 5.98.